The van der Waals surface area contributed by atoms with Crippen molar-refractivity contribution in [3.05, 3.63) is 64.4 Å². The van der Waals surface area contributed by atoms with Crippen molar-refractivity contribution in [2.75, 3.05) is 6.54 Å². The summed E-state index contributed by atoms with van der Waals surface area (Å²) in [5.41, 5.74) is 1.34. The highest BCUT2D eigenvalue weighted by Crippen LogP contribution is 2.19. The largest absolute Gasteiger partial charge is 0.349 e. The van der Waals surface area contributed by atoms with Crippen LogP contribution in [0, 0.1) is 0 Å². The van der Waals surface area contributed by atoms with E-state index in [0.717, 1.165) is 5.56 Å². The third kappa shape index (κ3) is 3.78. The Morgan fingerprint density at radius 3 is 2.68 bits per heavy atom. The van der Waals surface area contributed by atoms with Crippen LogP contribution in [0.2, 0.25) is 0 Å². The topological polar surface area (TPSA) is 42.0 Å². The van der Waals surface area contributed by atoms with Gasteiger partial charge in [0.2, 0.25) is 0 Å². The molecule has 0 bridgehead atoms. The van der Waals surface area contributed by atoms with Gasteiger partial charge in [-0.2, -0.15) is 0 Å². The van der Waals surface area contributed by atoms with Crippen LogP contribution in [0.15, 0.2) is 53.1 Å². The number of aromatic nitrogens is 1. The van der Waals surface area contributed by atoms with Crippen molar-refractivity contribution in [2.45, 2.75) is 5.38 Å². The van der Waals surface area contributed by atoms with Crippen molar-refractivity contribution in [2.24, 2.45) is 0 Å². The summed E-state index contributed by atoms with van der Waals surface area (Å²) in [6, 6.07) is 13.2. The summed E-state index contributed by atoms with van der Waals surface area (Å²) < 4.78 is 0.665. The van der Waals surface area contributed by atoms with E-state index < -0.39 is 0 Å². The van der Waals surface area contributed by atoms with Gasteiger partial charge in [0, 0.05) is 17.2 Å². The van der Waals surface area contributed by atoms with E-state index in [1.54, 1.807) is 18.3 Å². The number of hydrogen-bond acceptors (Lipinski definition) is 2. The lowest BCUT2D eigenvalue weighted by Gasteiger charge is -2.11. The van der Waals surface area contributed by atoms with Crippen LogP contribution in [0.1, 0.15) is 21.4 Å². The first-order chi connectivity index (χ1) is 9.18. The summed E-state index contributed by atoms with van der Waals surface area (Å²) in [5.74, 6) is -0.242. The number of pyridine rings is 1. The Kier molecular flexibility index (Phi) is 4.93. The first-order valence-corrected chi connectivity index (χ1v) is 6.99. The fourth-order valence-electron chi connectivity index (χ4n) is 1.60. The molecule has 1 unspecified atom stereocenters. The highest BCUT2D eigenvalue weighted by molar-refractivity contribution is 9.10. The van der Waals surface area contributed by atoms with Crippen LogP contribution < -0.4 is 5.32 Å². The van der Waals surface area contributed by atoms with Gasteiger partial charge in [0.15, 0.2) is 0 Å². The number of hydrogen-bond donors (Lipinski definition) is 1. The van der Waals surface area contributed by atoms with E-state index in [1.165, 1.54) is 0 Å². The zero-order valence-electron chi connectivity index (χ0n) is 10.0. The van der Waals surface area contributed by atoms with Gasteiger partial charge in [0.25, 0.3) is 5.91 Å². The van der Waals surface area contributed by atoms with Crippen LogP contribution in [0.3, 0.4) is 0 Å². The van der Waals surface area contributed by atoms with Crippen LogP contribution in [0.4, 0.5) is 0 Å². The molecule has 1 aromatic heterocycles. The summed E-state index contributed by atoms with van der Waals surface area (Å²) in [7, 11) is 0. The fraction of sp³-hybridized carbons (Fsp3) is 0.143. The standard InChI is InChI=1S/C14H12BrClN2O/c15-11-7-4-8-17-13(11)14(19)18-9-12(16)10-5-2-1-3-6-10/h1-8,12H,9H2,(H,18,19). The van der Waals surface area contributed by atoms with E-state index in [1.807, 2.05) is 30.3 Å². The Bertz CT molecular complexity index is 562. The lowest BCUT2D eigenvalue weighted by molar-refractivity contribution is 0.0948. The second-order valence-electron chi connectivity index (χ2n) is 3.92. The second-order valence-corrected chi connectivity index (χ2v) is 5.30. The van der Waals surface area contributed by atoms with Gasteiger partial charge in [-0.3, -0.25) is 4.79 Å². The molecule has 0 spiro atoms. The SMILES string of the molecule is O=C(NCC(Cl)c1ccccc1)c1ncccc1Br. The number of rotatable bonds is 4. The van der Waals surface area contributed by atoms with E-state index in [4.69, 9.17) is 11.6 Å². The number of carbonyl (C=O) groups is 1. The van der Waals surface area contributed by atoms with Gasteiger partial charge in [0.05, 0.1) is 5.38 Å². The normalized spacial score (nSPS) is 11.9. The van der Waals surface area contributed by atoms with Crippen molar-refractivity contribution in [1.29, 1.82) is 0 Å². The van der Waals surface area contributed by atoms with Gasteiger partial charge in [-0.25, -0.2) is 4.98 Å². The maximum absolute atomic E-state index is 11.9. The molecule has 5 heteroatoms. The van der Waals surface area contributed by atoms with Crippen LogP contribution >= 0.6 is 27.5 Å². The zero-order chi connectivity index (χ0) is 13.7. The molecule has 0 aliphatic heterocycles. The molecule has 0 saturated heterocycles. The van der Waals surface area contributed by atoms with E-state index in [0.29, 0.717) is 16.7 Å². The molecular weight excluding hydrogens is 328 g/mol. The molecule has 0 aliphatic carbocycles. The van der Waals surface area contributed by atoms with Gasteiger partial charge < -0.3 is 5.32 Å². The molecule has 98 valence electrons. The average molecular weight is 340 g/mol. The summed E-state index contributed by atoms with van der Waals surface area (Å²) >= 11 is 9.52. The van der Waals surface area contributed by atoms with Crippen LogP contribution in [0.5, 0.6) is 0 Å². The summed E-state index contributed by atoms with van der Waals surface area (Å²) in [6.07, 6.45) is 1.58. The summed E-state index contributed by atoms with van der Waals surface area (Å²) in [5, 5.41) is 2.52. The molecule has 1 amide bonds. The zero-order valence-corrected chi connectivity index (χ0v) is 12.4. The lowest BCUT2D eigenvalue weighted by Crippen LogP contribution is -2.27. The van der Waals surface area contributed by atoms with Crippen LogP contribution in [-0.2, 0) is 0 Å². The van der Waals surface area contributed by atoms with Crippen molar-refractivity contribution < 1.29 is 4.79 Å². The number of nitrogens with zero attached hydrogens (tertiary/aromatic N) is 1. The molecule has 2 rings (SSSR count). The molecule has 1 heterocycles. The minimum atomic E-state index is -0.257. The maximum atomic E-state index is 11.9. The summed E-state index contributed by atoms with van der Waals surface area (Å²) in [6.45, 7) is 0.355. The fourth-order valence-corrected chi connectivity index (χ4v) is 2.26. The van der Waals surface area contributed by atoms with Gasteiger partial charge in [-0.15, -0.1) is 11.6 Å². The van der Waals surface area contributed by atoms with Crippen molar-refractivity contribution in [1.82, 2.24) is 10.3 Å². The molecule has 0 radical (unpaired) electrons. The molecular formula is C14H12BrClN2O. The predicted octanol–water partition coefficient (Wildman–Crippen LogP) is 3.55. The number of nitrogens with one attached hydrogen (secondary N) is 1. The smallest absolute Gasteiger partial charge is 0.271 e. The van der Waals surface area contributed by atoms with Crippen molar-refractivity contribution >= 4 is 33.4 Å². The Hall–Kier alpha value is -1.39. The maximum Gasteiger partial charge on any atom is 0.271 e. The third-order valence-corrected chi connectivity index (χ3v) is 3.62. The minimum absolute atomic E-state index is 0.242. The second kappa shape index (κ2) is 6.68. The number of benzene rings is 1. The van der Waals surface area contributed by atoms with Gasteiger partial charge in [-0.1, -0.05) is 30.3 Å². The molecule has 3 nitrogen and oxygen atoms in total. The van der Waals surface area contributed by atoms with Crippen molar-refractivity contribution in [3.63, 3.8) is 0 Å². The number of alkyl halides is 1. The van der Waals surface area contributed by atoms with E-state index >= 15 is 0 Å². The molecule has 1 atom stereocenters. The van der Waals surface area contributed by atoms with Gasteiger partial charge >= 0.3 is 0 Å². The monoisotopic (exact) mass is 338 g/mol. The Labute approximate surface area is 125 Å². The number of halogens is 2. The lowest BCUT2D eigenvalue weighted by atomic mass is 10.1. The van der Waals surface area contributed by atoms with Crippen molar-refractivity contribution in [3.8, 4) is 0 Å². The average Bonchev–Trinajstić information content (AvgIpc) is 2.46. The summed E-state index contributed by atoms with van der Waals surface area (Å²) in [4.78, 5) is 16.0. The van der Waals surface area contributed by atoms with E-state index in [2.05, 4.69) is 26.2 Å². The number of carbonyl (C=O) groups excluding carboxylic acids is 1. The predicted molar refractivity (Wildman–Crippen MR) is 79.3 cm³/mol. The molecule has 2 aromatic rings. The molecule has 0 saturated carbocycles. The molecule has 1 aromatic carbocycles. The van der Waals surface area contributed by atoms with Gasteiger partial charge in [-0.05, 0) is 33.6 Å². The third-order valence-electron chi connectivity index (χ3n) is 2.58. The highest BCUT2D eigenvalue weighted by Gasteiger charge is 2.13. The first kappa shape index (κ1) is 14.0. The number of amides is 1. The quantitative estimate of drug-likeness (QED) is 0.866. The minimum Gasteiger partial charge on any atom is -0.349 e. The Morgan fingerprint density at radius 1 is 1.26 bits per heavy atom. The van der Waals surface area contributed by atoms with Crippen LogP contribution in [-0.4, -0.2) is 17.4 Å². The van der Waals surface area contributed by atoms with E-state index in [-0.39, 0.29) is 11.3 Å². The van der Waals surface area contributed by atoms with E-state index in [9.17, 15) is 4.79 Å². The van der Waals surface area contributed by atoms with Gasteiger partial charge in [0.1, 0.15) is 5.69 Å². The molecule has 19 heavy (non-hydrogen) atoms. The highest BCUT2D eigenvalue weighted by atomic mass is 79.9. The molecule has 1 N–H and O–H groups in total. The Morgan fingerprint density at radius 2 is 2.00 bits per heavy atom. The molecule has 0 fully saturated rings. The van der Waals surface area contributed by atoms with Crippen LogP contribution in [0.25, 0.3) is 0 Å². The Balaban J connectivity index is 1.96. The first-order valence-electron chi connectivity index (χ1n) is 5.76. The molecule has 0 aliphatic rings.